The van der Waals surface area contributed by atoms with Crippen LogP contribution in [0.3, 0.4) is 0 Å². The number of alkyl halides is 3. The number of halogens is 3. The summed E-state index contributed by atoms with van der Waals surface area (Å²) in [5.41, 5.74) is 0.878. The summed E-state index contributed by atoms with van der Waals surface area (Å²) in [6.07, 6.45) is -0.773. The normalized spacial score (nSPS) is 15.5. The van der Waals surface area contributed by atoms with Crippen molar-refractivity contribution in [3.63, 3.8) is 0 Å². The van der Waals surface area contributed by atoms with Gasteiger partial charge in [-0.15, -0.1) is 0 Å². The van der Waals surface area contributed by atoms with Gasteiger partial charge in [-0.05, 0) is 73.6 Å². The first kappa shape index (κ1) is 25.8. The lowest BCUT2D eigenvalue weighted by Crippen LogP contribution is -2.41. The number of amides is 1. The zero-order valence-electron chi connectivity index (χ0n) is 20.7. The fourth-order valence-corrected chi connectivity index (χ4v) is 4.92. The van der Waals surface area contributed by atoms with E-state index in [-0.39, 0.29) is 24.9 Å². The molecule has 0 bridgehead atoms. The Morgan fingerprint density at radius 1 is 0.974 bits per heavy atom. The van der Waals surface area contributed by atoms with Gasteiger partial charge in [-0.25, -0.2) is 0 Å². The Hall–Kier alpha value is -3.88. The number of carbonyl (C=O) groups excluding carboxylic acids is 1. The highest BCUT2D eigenvalue weighted by Gasteiger charge is 2.31. The monoisotopic (exact) mass is 527 g/mol. The van der Waals surface area contributed by atoms with E-state index in [1.807, 2.05) is 12.1 Å². The molecular weight excluding hydrogens is 499 g/mol. The molecule has 2 aliphatic heterocycles. The molecule has 1 fully saturated rings. The van der Waals surface area contributed by atoms with Gasteiger partial charge in [0.1, 0.15) is 11.5 Å². The zero-order chi connectivity index (χ0) is 26.7. The van der Waals surface area contributed by atoms with E-state index in [4.69, 9.17) is 14.2 Å². The molecule has 200 valence electrons. The molecule has 9 heteroatoms. The maximum absolute atomic E-state index is 13.0. The van der Waals surface area contributed by atoms with Crippen molar-refractivity contribution in [2.75, 3.05) is 26.5 Å². The molecule has 2 aliphatic rings. The van der Waals surface area contributed by atoms with Gasteiger partial charge in [0.15, 0.2) is 18.1 Å². The first-order valence-electron chi connectivity index (χ1n) is 12.6. The van der Waals surface area contributed by atoms with E-state index in [1.165, 1.54) is 11.6 Å². The van der Waals surface area contributed by atoms with E-state index >= 15 is 0 Å². The van der Waals surface area contributed by atoms with E-state index in [0.29, 0.717) is 36.4 Å². The molecular formula is C29H28F3NO5. The molecule has 6 nitrogen and oxygen atoms in total. The Kier molecular flexibility index (Phi) is 7.35. The van der Waals surface area contributed by atoms with Crippen LogP contribution in [0.2, 0.25) is 0 Å². The maximum atomic E-state index is 13.0. The summed E-state index contributed by atoms with van der Waals surface area (Å²) in [6.45, 7) is 1.36. The van der Waals surface area contributed by atoms with Gasteiger partial charge in [0, 0.05) is 24.2 Å². The van der Waals surface area contributed by atoms with E-state index in [2.05, 4.69) is 6.07 Å². The number of carbonyl (C=O) groups is 1. The number of rotatable bonds is 7. The topological polar surface area (TPSA) is 68.2 Å². The second-order valence-corrected chi connectivity index (χ2v) is 9.56. The number of phenolic OH excluding ortho intramolecular Hbond substituents is 1. The lowest BCUT2D eigenvalue weighted by Gasteiger charge is -2.32. The number of hydrogen-bond donors (Lipinski definition) is 1. The maximum Gasteiger partial charge on any atom is 0.416 e. The first-order chi connectivity index (χ1) is 18.3. The van der Waals surface area contributed by atoms with Gasteiger partial charge in [-0.3, -0.25) is 4.79 Å². The van der Waals surface area contributed by atoms with Gasteiger partial charge in [-0.1, -0.05) is 24.3 Å². The number of para-hydroxylation sites is 1. The summed E-state index contributed by atoms with van der Waals surface area (Å²) in [6, 6.07) is 15.5. The van der Waals surface area contributed by atoms with Crippen LogP contribution < -0.4 is 14.2 Å². The SMILES string of the molecule is O=C(COc1ccccc1-c1ccc(C(F)(F)F)cc1O)N1CCC(CCc2ccc3c(c2)OCO3)CC1. The predicted molar refractivity (Wildman–Crippen MR) is 134 cm³/mol. The van der Waals surface area contributed by atoms with Crippen LogP contribution in [0.4, 0.5) is 13.2 Å². The van der Waals surface area contributed by atoms with E-state index in [9.17, 15) is 23.1 Å². The lowest BCUT2D eigenvalue weighted by atomic mass is 9.90. The molecule has 0 spiro atoms. The number of benzene rings is 3. The summed E-state index contributed by atoms with van der Waals surface area (Å²) in [5.74, 6) is 1.75. The number of aromatic hydroxyl groups is 1. The Balaban J connectivity index is 1.13. The van der Waals surface area contributed by atoms with Crippen molar-refractivity contribution < 1.29 is 37.3 Å². The summed E-state index contributed by atoms with van der Waals surface area (Å²) in [4.78, 5) is 14.6. The number of nitrogens with zero attached hydrogens (tertiary/aromatic N) is 1. The Morgan fingerprint density at radius 2 is 1.74 bits per heavy atom. The molecule has 1 amide bonds. The van der Waals surface area contributed by atoms with Crippen LogP contribution >= 0.6 is 0 Å². The Morgan fingerprint density at radius 3 is 2.50 bits per heavy atom. The molecule has 1 saturated heterocycles. The van der Waals surface area contributed by atoms with E-state index in [0.717, 1.165) is 43.2 Å². The second-order valence-electron chi connectivity index (χ2n) is 9.56. The van der Waals surface area contributed by atoms with Gasteiger partial charge in [0.05, 0.1) is 5.56 Å². The molecule has 1 N–H and O–H groups in total. The number of likely N-dealkylation sites (tertiary alicyclic amines) is 1. The van der Waals surface area contributed by atoms with Crippen molar-refractivity contribution in [2.45, 2.75) is 31.9 Å². The molecule has 0 radical (unpaired) electrons. The van der Waals surface area contributed by atoms with Gasteiger partial charge >= 0.3 is 6.18 Å². The van der Waals surface area contributed by atoms with Crippen LogP contribution in [0.25, 0.3) is 11.1 Å². The van der Waals surface area contributed by atoms with Gasteiger partial charge < -0.3 is 24.2 Å². The van der Waals surface area contributed by atoms with Crippen molar-refractivity contribution in [3.8, 4) is 34.1 Å². The van der Waals surface area contributed by atoms with Crippen LogP contribution in [0.5, 0.6) is 23.0 Å². The molecule has 3 aromatic rings. The zero-order valence-corrected chi connectivity index (χ0v) is 20.7. The molecule has 0 aliphatic carbocycles. The molecule has 3 aromatic carbocycles. The van der Waals surface area contributed by atoms with Crippen LogP contribution in [0, 0.1) is 5.92 Å². The molecule has 0 unspecified atom stereocenters. The fourth-order valence-electron chi connectivity index (χ4n) is 4.92. The lowest BCUT2D eigenvalue weighted by molar-refractivity contribution is -0.137. The Bertz CT molecular complexity index is 1300. The average Bonchev–Trinajstić information content (AvgIpc) is 3.38. The summed E-state index contributed by atoms with van der Waals surface area (Å²) < 4.78 is 55.5. The Labute approximate surface area is 218 Å². The number of hydrogen-bond acceptors (Lipinski definition) is 5. The quantitative estimate of drug-likeness (QED) is 0.405. The number of phenols is 1. The smallest absolute Gasteiger partial charge is 0.416 e. The van der Waals surface area contributed by atoms with Crippen molar-refractivity contribution in [1.82, 2.24) is 4.90 Å². The summed E-state index contributed by atoms with van der Waals surface area (Å²) in [7, 11) is 0. The molecule has 0 aromatic heterocycles. The summed E-state index contributed by atoms with van der Waals surface area (Å²) >= 11 is 0. The first-order valence-corrected chi connectivity index (χ1v) is 12.6. The minimum atomic E-state index is -4.56. The third kappa shape index (κ3) is 5.82. The van der Waals surface area contributed by atoms with Crippen molar-refractivity contribution >= 4 is 5.91 Å². The number of fused-ring (bicyclic) bond motifs is 1. The van der Waals surface area contributed by atoms with Crippen molar-refractivity contribution in [2.24, 2.45) is 5.92 Å². The molecule has 0 atom stereocenters. The summed E-state index contributed by atoms with van der Waals surface area (Å²) in [5, 5.41) is 10.3. The predicted octanol–water partition coefficient (Wildman–Crippen LogP) is 6.06. The highest BCUT2D eigenvalue weighted by Crippen LogP contribution is 2.40. The van der Waals surface area contributed by atoms with Crippen molar-refractivity contribution in [3.05, 3.63) is 71.8 Å². The van der Waals surface area contributed by atoms with Crippen LogP contribution in [-0.4, -0.2) is 42.4 Å². The number of aryl methyl sites for hydroxylation is 1. The van der Waals surface area contributed by atoms with Gasteiger partial charge in [0.2, 0.25) is 6.79 Å². The minimum absolute atomic E-state index is 0.148. The van der Waals surface area contributed by atoms with E-state index in [1.54, 1.807) is 29.2 Å². The second kappa shape index (κ2) is 10.8. The third-order valence-electron chi connectivity index (χ3n) is 7.10. The average molecular weight is 528 g/mol. The minimum Gasteiger partial charge on any atom is -0.507 e. The molecule has 2 heterocycles. The largest absolute Gasteiger partial charge is 0.507 e. The van der Waals surface area contributed by atoms with Crippen LogP contribution in [0.15, 0.2) is 60.7 Å². The van der Waals surface area contributed by atoms with Gasteiger partial charge in [0.25, 0.3) is 5.91 Å². The highest BCUT2D eigenvalue weighted by atomic mass is 19.4. The van der Waals surface area contributed by atoms with E-state index < -0.39 is 17.5 Å². The fraction of sp³-hybridized carbons (Fsp3) is 0.345. The standard InChI is InChI=1S/C29H28F3NO5/c30-29(31,32)21-8-9-22(24(34)16-21)23-3-1-2-4-25(23)36-17-28(35)33-13-11-19(12-14-33)5-6-20-7-10-26-27(15-20)38-18-37-26/h1-4,7-10,15-16,19,34H,5-6,11-14,17-18H2. The molecule has 38 heavy (non-hydrogen) atoms. The highest BCUT2D eigenvalue weighted by molar-refractivity contribution is 5.79. The van der Waals surface area contributed by atoms with Crippen molar-refractivity contribution in [1.29, 1.82) is 0 Å². The number of piperidine rings is 1. The molecule has 5 rings (SSSR count). The molecule has 0 saturated carbocycles. The van der Waals surface area contributed by atoms with Crippen LogP contribution in [0.1, 0.15) is 30.4 Å². The van der Waals surface area contributed by atoms with Gasteiger partial charge in [-0.2, -0.15) is 13.2 Å². The van der Waals surface area contributed by atoms with Crippen LogP contribution in [-0.2, 0) is 17.4 Å². The number of ether oxygens (including phenoxy) is 3. The third-order valence-corrected chi connectivity index (χ3v) is 7.10.